The van der Waals surface area contributed by atoms with Gasteiger partial charge in [-0.2, -0.15) is 0 Å². The van der Waals surface area contributed by atoms with Gasteiger partial charge in [0.15, 0.2) is 0 Å². The van der Waals surface area contributed by atoms with Crippen LogP contribution in [0.3, 0.4) is 0 Å². The van der Waals surface area contributed by atoms with Gasteiger partial charge in [-0.25, -0.2) is 0 Å². The smallest absolute Gasteiger partial charge is 0.123 e. The van der Waals surface area contributed by atoms with E-state index in [-0.39, 0.29) is 51.7 Å². The van der Waals surface area contributed by atoms with Crippen molar-refractivity contribution in [1.29, 1.82) is 0 Å². The first-order valence-electron chi connectivity index (χ1n) is 24.4. The fourth-order valence-corrected chi connectivity index (χ4v) is 7.67. The molecule has 0 radical (unpaired) electrons. The van der Waals surface area contributed by atoms with Crippen molar-refractivity contribution in [3.8, 4) is 56.4 Å². The Morgan fingerprint density at radius 1 is 0.356 bits per heavy atom. The molecule has 6 aromatic carbocycles. The highest BCUT2D eigenvalue weighted by Gasteiger charge is 2.27. The van der Waals surface area contributed by atoms with E-state index >= 15 is 0 Å². The van der Waals surface area contributed by atoms with Crippen LogP contribution in [0.2, 0.25) is 0 Å². The maximum absolute atomic E-state index is 6.73. The molecule has 0 aliphatic carbocycles. The first kappa shape index (κ1) is 54.8. The highest BCUT2D eigenvalue weighted by Crippen LogP contribution is 2.45. The molecule has 4 atom stereocenters. The Hall–Kier alpha value is -7.48. The molecule has 73 heavy (non-hydrogen) atoms. The molecule has 0 fully saturated rings. The van der Waals surface area contributed by atoms with Crippen LogP contribution in [0.4, 0.5) is 0 Å². The van der Waals surface area contributed by atoms with Gasteiger partial charge in [-0.05, 0) is 115 Å². The summed E-state index contributed by atoms with van der Waals surface area (Å²) in [6.45, 7) is 24.5. The minimum absolute atomic E-state index is 0.173. The average Bonchev–Trinajstić information content (AvgIpc) is 3.39. The maximum Gasteiger partial charge on any atom is 0.123 e. The Bertz CT molecular complexity index is 2580. The molecule has 0 heterocycles. The summed E-state index contributed by atoms with van der Waals surface area (Å²) in [6, 6.07) is 45.6. The molecular weight excluding hydrogens is 917 g/mol. The summed E-state index contributed by atoms with van der Waals surface area (Å²) >= 11 is 0. The van der Waals surface area contributed by atoms with Gasteiger partial charge in [-0.1, -0.05) is 117 Å². The zero-order chi connectivity index (χ0) is 52.3. The second kappa shape index (κ2) is 27.4. The van der Waals surface area contributed by atoms with Gasteiger partial charge in [0, 0.05) is 17.0 Å². The largest absolute Gasteiger partial charge is 0.497 e. The quantitative estimate of drug-likeness (QED) is 0.0248. The Morgan fingerprint density at radius 3 is 1.01 bits per heavy atom. The van der Waals surface area contributed by atoms with Crippen LogP contribution in [0, 0.1) is 0 Å². The fourth-order valence-electron chi connectivity index (χ4n) is 7.67. The van der Waals surface area contributed by atoms with Gasteiger partial charge in [-0.3, -0.25) is 0 Å². The lowest BCUT2D eigenvalue weighted by Gasteiger charge is -2.27. The third kappa shape index (κ3) is 17.4. The van der Waals surface area contributed by atoms with E-state index in [2.05, 4.69) is 74.8 Å². The van der Waals surface area contributed by atoms with E-state index in [0.717, 1.165) is 50.1 Å². The molecule has 12 nitrogen and oxygen atoms in total. The lowest BCUT2D eigenvalue weighted by Crippen LogP contribution is -2.33. The van der Waals surface area contributed by atoms with Crippen LogP contribution in [0.25, 0.3) is 33.4 Å². The van der Waals surface area contributed by atoms with Crippen LogP contribution in [-0.2, 0) is 18.9 Å². The normalized spacial score (nSPS) is 13.0. The summed E-state index contributed by atoms with van der Waals surface area (Å²) in [7, 11) is 0. The number of allylic oxidation sites excluding steroid dienone is 4. The highest BCUT2D eigenvalue weighted by atomic mass is 16.5. The van der Waals surface area contributed by atoms with Gasteiger partial charge < -0.3 is 60.8 Å². The predicted octanol–water partition coefficient (Wildman–Crippen LogP) is 10.9. The molecule has 8 N–H and O–H groups in total. The van der Waals surface area contributed by atoms with Crippen molar-refractivity contribution >= 4 is 0 Å². The molecule has 6 rings (SSSR count). The first-order chi connectivity index (χ1) is 35.1. The van der Waals surface area contributed by atoms with Crippen LogP contribution < -0.4 is 41.9 Å². The zero-order valence-corrected chi connectivity index (χ0v) is 42.7. The van der Waals surface area contributed by atoms with E-state index in [4.69, 9.17) is 60.8 Å². The van der Waals surface area contributed by atoms with Crippen LogP contribution in [-0.4, -0.2) is 77.0 Å². The van der Waals surface area contributed by atoms with E-state index < -0.39 is 18.0 Å². The number of nitrogens with two attached hydrogens (primary N) is 4. The molecule has 0 saturated carbocycles. The van der Waals surface area contributed by atoms with Crippen molar-refractivity contribution in [3.05, 3.63) is 206 Å². The first-order valence-corrected chi connectivity index (χ1v) is 24.4. The predicted molar refractivity (Wildman–Crippen MR) is 294 cm³/mol. The van der Waals surface area contributed by atoms with E-state index in [0.29, 0.717) is 59.2 Å². The summed E-state index contributed by atoms with van der Waals surface area (Å²) in [6.07, 6.45) is 0. The molecule has 12 heteroatoms. The molecule has 0 aliphatic heterocycles. The van der Waals surface area contributed by atoms with Crippen LogP contribution >= 0.6 is 0 Å². The number of ether oxygens (including phenoxy) is 8. The van der Waals surface area contributed by atoms with Gasteiger partial charge in [0.2, 0.25) is 0 Å². The zero-order valence-electron chi connectivity index (χ0n) is 42.7. The molecule has 0 aromatic heterocycles. The topological polar surface area (TPSA) is 178 Å². The SMILES string of the molecule is C=C(C)OCC(N)COc1ccc(-c2ccc(OCC(N)COC(=C)C)c(C(c3ccc(-c4ccccc4)cc3)c3cc(-c4ccc(OCC(N)COC(=C)C)cc4)ccc3OCC(N)COC(=C)C)c2)cc1. The van der Waals surface area contributed by atoms with E-state index in [1.165, 1.54) is 0 Å². The Balaban J connectivity index is 1.48. The Kier molecular flexibility index (Phi) is 20.6. The van der Waals surface area contributed by atoms with E-state index in [1.807, 2.05) is 91.0 Å². The van der Waals surface area contributed by atoms with Crippen molar-refractivity contribution in [2.45, 2.75) is 57.8 Å². The fraction of sp³-hybridized carbons (Fsp3) is 0.279. The minimum atomic E-state index is -0.462. The van der Waals surface area contributed by atoms with E-state index in [1.54, 1.807) is 27.7 Å². The lowest BCUT2D eigenvalue weighted by molar-refractivity contribution is 0.164. The van der Waals surface area contributed by atoms with Crippen molar-refractivity contribution < 1.29 is 37.9 Å². The van der Waals surface area contributed by atoms with Gasteiger partial charge in [-0.15, -0.1) is 0 Å². The van der Waals surface area contributed by atoms with Gasteiger partial charge in [0.05, 0.1) is 47.2 Å². The molecule has 0 bridgehead atoms. The Labute approximate surface area is 431 Å². The van der Waals surface area contributed by atoms with Crippen molar-refractivity contribution in [2.75, 3.05) is 52.9 Å². The van der Waals surface area contributed by atoms with Gasteiger partial charge in [0.1, 0.15) is 75.9 Å². The summed E-state index contributed by atoms with van der Waals surface area (Å²) in [5.74, 6) is 4.52. The monoisotopic (exact) mass is 989 g/mol. The second-order valence-electron chi connectivity index (χ2n) is 18.3. The lowest BCUT2D eigenvalue weighted by atomic mass is 9.81. The van der Waals surface area contributed by atoms with Crippen molar-refractivity contribution in [1.82, 2.24) is 0 Å². The third-order valence-electron chi connectivity index (χ3n) is 11.4. The summed E-state index contributed by atoms with van der Waals surface area (Å²) in [5.41, 5.74) is 34.4. The highest BCUT2D eigenvalue weighted by molar-refractivity contribution is 5.72. The molecule has 4 unspecified atom stereocenters. The number of hydrogen-bond acceptors (Lipinski definition) is 12. The van der Waals surface area contributed by atoms with Gasteiger partial charge in [0.25, 0.3) is 0 Å². The maximum atomic E-state index is 6.73. The number of benzene rings is 6. The summed E-state index contributed by atoms with van der Waals surface area (Å²) in [5, 5.41) is 0. The van der Waals surface area contributed by atoms with Crippen LogP contribution in [0.1, 0.15) is 50.3 Å². The summed E-state index contributed by atoms with van der Waals surface area (Å²) in [4.78, 5) is 0. The standard InChI is InChI=1S/C61H72N4O8/c1-40(2)66-32-51(62)36-70-55-24-18-46(19-25-55)49-22-28-59(72-38-53(64)34-68-42(5)6)57(30-49)61(48-16-14-45(15-17-48)44-12-10-9-11-13-44)58-31-50(23-29-60(58)73-39-54(65)35-69-43(7)8)47-20-26-56(27-21-47)71-37-52(63)33-67-41(3)4/h9-31,51-54,61H,1,3,5,7,32-39,62-65H2,2,4,6,8H3. The van der Waals surface area contributed by atoms with Gasteiger partial charge >= 0.3 is 0 Å². The molecule has 0 spiro atoms. The molecule has 6 aromatic rings. The van der Waals surface area contributed by atoms with Crippen molar-refractivity contribution in [3.63, 3.8) is 0 Å². The Morgan fingerprint density at radius 2 is 0.658 bits per heavy atom. The summed E-state index contributed by atoms with van der Waals surface area (Å²) < 4.78 is 48.0. The second-order valence-corrected chi connectivity index (χ2v) is 18.3. The molecule has 0 amide bonds. The molecule has 0 aliphatic rings. The van der Waals surface area contributed by atoms with Crippen molar-refractivity contribution in [2.24, 2.45) is 22.9 Å². The average molecular weight is 989 g/mol. The third-order valence-corrected chi connectivity index (χ3v) is 11.4. The van der Waals surface area contributed by atoms with E-state index in [9.17, 15) is 0 Å². The number of hydrogen-bond donors (Lipinski definition) is 4. The molecule has 384 valence electrons. The van der Waals surface area contributed by atoms with Crippen LogP contribution in [0.5, 0.6) is 23.0 Å². The molecular formula is C61H72N4O8. The van der Waals surface area contributed by atoms with Crippen LogP contribution in [0.15, 0.2) is 189 Å². The minimum Gasteiger partial charge on any atom is -0.497 e. The number of rotatable bonds is 30. The molecule has 0 saturated heterocycles.